The van der Waals surface area contributed by atoms with Crippen molar-refractivity contribution in [2.45, 2.75) is 13.0 Å². The predicted octanol–water partition coefficient (Wildman–Crippen LogP) is 0.962. The van der Waals surface area contributed by atoms with E-state index in [1.165, 1.54) is 0 Å². The highest BCUT2D eigenvalue weighted by Gasteiger charge is 2.28. The molecule has 0 amide bonds. The number of pyridine rings is 1. The third kappa shape index (κ3) is 2.67. The number of nitrogens with two attached hydrogens (primary N) is 1. The molecule has 1 atom stereocenters. The molecule has 6 nitrogen and oxygen atoms in total. The van der Waals surface area contributed by atoms with Crippen molar-refractivity contribution < 1.29 is 8.42 Å². The number of hydrogen-bond donors (Lipinski definition) is 1. The van der Waals surface area contributed by atoms with Crippen LogP contribution in [0.1, 0.15) is 6.42 Å². The Balaban J connectivity index is 1.82. The van der Waals surface area contributed by atoms with Gasteiger partial charge in [-0.1, -0.05) is 0 Å². The first-order chi connectivity index (χ1) is 9.53. The van der Waals surface area contributed by atoms with Crippen LogP contribution in [0.3, 0.4) is 0 Å². The number of nitrogen functional groups attached to an aromatic ring is 1. The van der Waals surface area contributed by atoms with Gasteiger partial charge in [-0.05, 0) is 24.5 Å². The fraction of sp³-hybridized carbons (Fsp3) is 0.385. The summed E-state index contributed by atoms with van der Waals surface area (Å²) in [6, 6.07) is 3.63. The average molecular weight is 292 g/mol. The SMILES string of the molecule is Nc1ccc(-c2cncn2CC2CCS(=O)(=O)C2)cn1. The maximum Gasteiger partial charge on any atom is 0.150 e. The smallest absolute Gasteiger partial charge is 0.150 e. The lowest BCUT2D eigenvalue weighted by atomic mass is 10.1. The van der Waals surface area contributed by atoms with E-state index in [-0.39, 0.29) is 11.7 Å². The van der Waals surface area contributed by atoms with Crippen LogP contribution < -0.4 is 5.73 Å². The van der Waals surface area contributed by atoms with Gasteiger partial charge in [0.05, 0.1) is 29.7 Å². The number of imidazole rings is 1. The third-order valence-corrected chi connectivity index (χ3v) is 5.41. The van der Waals surface area contributed by atoms with Crippen molar-refractivity contribution in [2.24, 2.45) is 5.92 Å². The molecule has 1 saturated heterocycles. The molecule has 1 fully saturated rings. The molecule has 106 valence electrons. The number of rotatable bonds is 3. The standard InChI is InChI=1S/C13H16N4O2S/c14-13-2-1-11(5-16-13)12-6-15-9-17(12)7-10-3-4-20(18,19)8-10/h1-2,5-6,9-10H,3-4,7-8H2,(H2,14,16). The zero-order valence-corrected chi connectivity index (χ0v) is 11.8. The summed E-state index contributed by atoms with van der Waals surface area (Å²) in [5, 5.41) is 0. The molecule has 7 heteroatoms. The molecule has 1 aliphatic heterocycles. The highest BCUT2D eigenvalue weighted by atomic mass is 32.2. The van der Waals surface area contributed by atoms with E-state index >= 15 is 0 Å². The van der Waals surface area contributed by atoms with E-state index in [0.717, 1.165) is 17.7 Å². The minimum absolute atomic E-state index is 0.162. The van der Waals surface area contributed by atoms with Crippen LogP contribution in [0.15, 0.2) is 30.9 Å². The summed E-state index contributed by atoms with van der Waals surface area (Å²) in [7, 11) is -2.84. The Morgan fingerprint density at radius 3 is 2.85 bits per heavy atom. The van der Waals surface area contributed by atoms with Gasteiger partial charge in [-0.3, -0.25) is 0 Å². The largest absolute Gasteiger partial charge is 0.384 e. The number of nitrogens with zero attached hydrogens (tertiary/aromatic N) is 3. The van der Waals surface area contributed by atoms with Crippen LogP contribution >= 0.6 is 0 Å². The Bertz CT molecular complexity index is 706. The molecule has 0 aliphatic carbocycles. The van der Waals surface area contributed by atoms with Gasteiger partial charge >= 0.3 is 0 Å². The number of anilines is 1. The maximum atomic E-state index is 11.5. The quantitative estimate of drug-likeness (QED) is 0.910. The van der Waals surface area contributed by atoms with Gasteiger partial charge in [0.2, 0.25) is 0 Å². The Labute approximate surface area is 117 Å². The van der Waals surface area contributed by atoms with Crippen molar-refractivity contribution >= 4 is 15.7 Å². The summed E-state index contributed by atoms with van der Waals surface area (Å²) < 4.78 is 25.0. The predicted molar refractivity (Wildman–Crippen MR) is 76.6 cm³/mol. The molecule has 2 N–H and O–H groups in total. The monoisotopic (exact) mass is 292 g/mol. The van der Waals surface area contributed by atoms with Gasteiger partial charge in [0, 0.05) is 18.3 Å². The highest BCUT2D eigenvalue weighted by molar-refractivity contribution is 7.91. The van der Waals surface area contributed by atoms with E-state index in [2.05, 4.69) is 9.97 Å². The van der Waals surface area contributed by atoms with Gasteiger partial charge in [-0.25, -0.2) is 18.4 Å². The first kappa shape index (κ1) is 13.1. The molecular weight excluding hydrogens is 276 g/mol. The van der Waals surface area contributed by atoms with Crippen LogP contribution in [0.25, 0.3) is 11.3 Å². The van der Waals surface area contributed by atoms with E-state index in [9.17, 15) is 8.42 Å². The summed E-state index contributed by atoms with van der Waals surface area (Å²) in [6.07, 6.45) is 5.92. The van der Waals surface area contributed by atoms with Crippen LogP contribution in [0.2, 0.25) is 0 Å². The Morgan fingerprint density at radius 2 is 2.20 bits per heavy atom. The Kier molecular flexibility index (Phi) is 3.21. The van der Waals surface area contributed by atoms with Crippen molar-refractivity contribution in [3.8, 4) is 11.3 Å². The van der Waals surface area contributed by atoms with Crippen LogP contribution in [-0.4, -0.2) is 34.5 Å². The molecule has 3 rings (SSSR count). The topological polar surface area (TPSA) is 90.9 Å². The Morgan fingerprint density at radius 1 is 1.35 bits per heavy atom. The molecule has 0 radical (unpaired) electrons. The molecule has 0 aromatic carbocycles. The lowest BCUT2D eigenvalue weighted by Gasteiger charge is -2.12. The normalized spacial score (nSPS) is 21.1. The second kappa shape index (κ2) is 4.90. The summed E-state index contributed by atoms with van der Waals surface area (Å²) in [5.74, 6) is 1.20. The zero-order chi connectivity index (χ0) is 14.2. The first-order valence-electron chi connectivity index (χ1n) is 6.46. The van der Waals surface area contributed by atoms with Crippen molar-refractivity contribution in [1.82, 2.24) is 14.5 Å². The van der Waals surface area contributed by atoms with E-state index in [1.54, 1.807) is 24.8 Å². The highest BCUT2D eigenvalue weighted by Crippen LogP contribution is 2.24. The molecule has 20 heavy (non-hydrogen) atoms. The third-order valence-electron chi connectivity index (χ3n) is 3.58. The van der Waals surface area contributed by atoms with Gasteiger partial charge in [0.25, 0.3) is 0 Å². The summed E-state index contributed by atoms with van der Waals surface area (Å²) in [5.41, 5.74) is 7.44. The van der Waals surface area contributed by atoms with E-state index in [1.807, 2.05) is 10.6 Å². The van der Waals surface area contributed by atoms with Gasteiger partial charge in [0.15, 0.2) is 9.84 Å². The van der Waals surface area contributed by atoms with Gasteiger partial charge in [-0.2, -0.15) is 0 Å². The van der Waals surface area contributed by atoms with E-state index in [4.69, 9.17) is 5.73 Å². The van der Waals surface area contributed by atoms with E-state index < -0.39 is 9.84 Å². The fourth-order valence-corrected chi connectivity index (χ4v) is 4.41. The average Bonchev–Trinajstić information content (AvgIpc) is 2.98. The van der Waals surface area contributed by atoms with Crippen molar-refractivity contribution in [1.29, 1.82) is 0 Å². The van der Waals surface area contributed by atoms with Crippen molar-refractivity contribution in [3.63, 3.8) is 0 Å². The summed E-state index contributed by atoms with van der Waals surface area (Å²) in [6.45, 7) is 0.666. The lowest BCUT2D eigenvalue weighted by molar-refractivity contribution is 0.493. The molecule has 3 heterocycles. The molecule has 0 spiro atoms. The minimum atomic E-state index is -2.84. The van der Waals surface area contributed by atoms with Crippen LogP contribution in [0, 0.1) is 5.92 Å². The molecular formula is C13H16N4O2S. The van der Waals surface area contributed by atoms with Crippen molar-refractivity contribution in [2.75, 3.05) is 17.2 Å². The molecule has 1 unspecified atom stereocenters. The molecule has 0 saturated carbocycles. The van der Waals surface area contributed by atoms with E-state index in [0.29, 0.717) is 18.1 Å². The van der Waals surface area contributed by atoms with Crippen molar-refractivity contribution in [3.05, 3.63) is 30.9 Å². The number of sulfone groups is 1. The molecule has 1 aliphatic rings. The second-order valence-electron chi connectivity index (χ2n) is 5.17. The summed E-state index contributed by atoms with van der Waals surface area (Å²) >= 11 is 0. The Hall–Kier alpha value is -1.89. The van der Waals surface area contributed by atoms with Gasteiger partial charge in [-0.15, -0.1) is 0 Å². The van der Waals surface area contributed by atoms with Gasteiger partial charge in [0.1, 0.15) is 5.82 Å². The van der Waals surface area contributed by atoms with Crippen LogP contribution in [0.4, 0.5) is 5.82 Å². The number of aromatic nitrogens is 3. The fourth-order valence-electron chi connectivity index (χ4n) is 2.56. The first-order valence-corrected chi connectivity index (χ1v) is 8.28. The van der Waals surface area contributed by atoms with Crippen LogP contribution in [-0.2, 0) is 16.4 Å². The summed E-state index contributed by atoms with van der Waals surface area (Å²) in [4.78, 5) is 8.23. The van der Waals surface area contributed by atoms with Crippen LogP contribution in [0.5, 0.6) is 0 Å². The minimum Gasteiger partial charge on any atom is -0.384 e. The molecule has 2 aromatic rings. The van der Waals surface area contributed by atoms with Gasteiger partial charge < -0.3 is 10.3 Å². The zero-order valence-electron chi connectivity index (χ0n) is 10.9. The molecule has 0 bridgehead atoms. The molecule has 2 aromatic heterocycles. The maximum absolute atomic E-state index is 11.5. The number of hydrogen-bond acceptors (Lipinski definition) is 5. The second-order valence-corrected chi connectivity index (χ2v) is 7.40. The lowest BCUT2D eigenvalue weighted by Crippen LogP contribution is -2.12.